The van der Waals surface area contributed by atoms with Crippen LogP contribution in [0.3, 0.4) is 0 Å². The Labute approximate surface area is 191 Å². The second-order valence-electron chi connectivity index (χ2n) is 8.24. The van der Waals surface area contributed by atoms with Gasteiger partial charge >= 0.3 is 0 Å². The van der Waals surface area contributed by atoms with Crippen molar-refractivity contribution in [3.05, 3.63) is 70.8 Å². The van der Waals surface area contributed by atoms with Crippen molar-refractivity contribution < 1.29 is 0 Å². The molecule has 166 valence electrons. The quantitative estimate of drug-likeness (QED) is 0.381. The van der Waals surface area contributed by atoms with Crippen LogP contribution < -0.4 is 5.32 Å². The van der Waals surface area contributed by atoms with E-state index in [4.69, 9.17) is 20.9 Å². The molecule has 4 aromatic rings. The summed E-state index contributed by atoms with van der Waals surface area (Å²) in [6.45, 7) is 0. The Kier molecular flexibility index (Phi) is 5.29. The van der Waals surface area contributed by atoms with Crippen molar-refractivity contribution in [3.8, 4) is 11.3 Å². The Morgan fingerprint density at radius 1 is 1.12 bits per heavy atom. The Morgan fingerprint density at radius 2 is 1.97 bits per heavy atom. The van der Waals surface area contributed by atoms with Crippen LogP contribution in [0.2, 0.25) is 0 Å². The zero-order chi connectivity index (χ0) is 22.9. The Hall–Kier alpha value is -4.14. The van der Waals surface area contributed by atoms with Crippen molar-refractivity contribution in [2.45, 2.75) is 25.2 Å². The van der Waals surface area contributed by atoms with Gasteiger partial charge in [0.15, 0.2) is 5.82 Å². The highest BCUT2D eigenvalue weighted by atomic mass is 15.3. The van der Waals surface area contributed by atoms with Gasteiger partial charge in [-0.15, -0.1) is 0 Å². The largest absolute Gasteiger partial charge is 0.312 e. The van der Waals surface area contributed by atoms with Crippen LogP contribution in [0, 0.1) is 10.8 Å². The van der Waals surface area contributed by atoms with Gasteiger partial charge in [0.05, 0.1) is 23.0 Å². The van der Waals surface area contributed by atoms with E-state index < -0.39 is 0 Å². The molecule has 0 amide bonds. The Morgan fingerprint density at radius 3 is 2.73 bits per heavy atom. The fourth-order valence-corrected chi connectivity index (χ4v) is 4.33. The second-order valence-corrected chi connectivity index (χ2v) is 8.24. The second kappa shape index (κ2) is 8.42. The molecule has 0 radical (unpaired) electrons. The Balaban J connectivity index is 1.52. The lowest BCUT2D eigenvalue weighted by Gasteiger charge is -2.17. The van der Waals surface area contributed by atoms with E-state index in [0.29, 0.717) is 18.2 Å². The van der Waals surface area contributed by atoms with Gasteiger partial charge in [0.2, 0.25) is 5.95 Å². The highest BCUT2D eigenvalue weighted by molar-refractivity contribution is 5.87. The molecule has 9 nitrogen and oxygen atoms in total. The zero-order valence-electron chi connectivity index (χ0n) is 18.6. The number of fused-ring (bicyclic) bond motifs is 3. The third-order valence-electron chi connectivity index (χ3n) is 5.99. The minimum Gasteiger partial charge on any atom is -0.312 e. The molecule has 0 atom stereocenters. The maximum absolute atomic E-state index is 7.59. The topological polar surface area (TPSA) is 121 Å². The van der Waals surface area contributed by atoms with Gasteiger partial charge in [-0.05, 0) is 29.5 Å². The van der Waals surface area contributed by atoms with Crippen LogP contribution in [0.15, 0.2) is 42.7 Å². The monoisotopic (exact) mass is 439 g/mol. The molecule has 0 spiro atoms. The van der Waals surface area contributed by atoms with Gasteiger partial charge in [-0.25, -0.2) is 9.97 Å². The first kappa shape index (κ1) is 20.7. The van der Waals surface area contributed by atoms with E-state index in [2.05, 4.69) is 27.5 Å². The minimum atomic E-state index is -0.306. The molecule has 3 N–H and O–H groups in total. The predicted molar refractivity (Wildman–Crippen MR) is 128 cm³/mol. The molecule has 3 heterocycles. The van der Waals surface area contributed by atoms with E-state index in [0.717, 1.165) is 52.2 Å². The number of hydrogen-bond acceptors (Lipinski definition) is 7. The molecular formula is C24H25N9. The van der Waals surface area contributed by atoms with E-state index in [1.165, 1.54) is 12.4 Å². The highest BCUT2D eigenvalue weighted by Gasteiger charge is 2.26. The van der Waals surface area contributed by atoms with Gasteiger partial charge in [-0.1, -0.05) is 24.3 Å². The molecule has 0 saturated carbocycles. The van der Waals surface area contributed by atoms with E-state index in [1.54, 1.807) is 4.68 Å². The molecule has 0 unspecified atom stereocenters. The maximum atomic E-state index is 7.59. The van der Waals surface area contributed by atoms with Crippen LogP contribution >= 0.6 is 0 Å². The van der Waals surface area contributed by atoms with Gasteiger partial charge in [0.1, 0.15) is 0 Å². The number of anilines is 2. The van der Waals surface area contributed by atoms with Crippen molar-refractivity contribution >= 4 is 24.2 Å². The number of aryl methyl sites for hydroxylation is 4. The number of hydrogen-bond donors (Lipinski definition) is 3. The standard InChI is InChI=1S/C24H25N9/c1-32-9-8-21(31-32)28-24-27-14-17-6-7-19-22(23(17)29-24)20(33(2)30-19)11-15-4-3-5-16(10-15)18(12-25)13-26/h3-5,8-10,12-14,18,25-26H,6-7,11H2,1-2H3,(H,27,28,29,31). The van der Waals surface area contributed by atoms with Crippen molar-refractivity contribution in [2.24, 2.45) is 14.1 Å². The first-order valence-corrected chi connectivity index (χ1v) is 10.8. The van der Waals surface area contributed by atoms with Crippen LogP contribution in [0.5, 0.6) is 0 Å². The molecular weight excluding hydrogens is 414 g/mol. The summed E-state index contributed by atoms with van der Waals surface area (Å²) in [7, 11) is 3.85. The SMILES string of the molecule is Cn1ccc(Nc2ncc3c(n2)-c2c(nn(C)c2Cc2cccc(C(C=N)C=N)c2)CC3)n1. The summed E-state index contributed by atoms with van der Waals surface area (Å²) in [6, 6.07) is 9.97. The van der Waals surface area contributed by atoms with Crippen LogP contribution in [-0.2, 0) is 33.4 Å². The molecule has 1 aliphatic rings. The van der Waals surface area contributed by atoms with Crippen molar-refractivity contribution in [3.63, 3.8) is 0 Å². The minimum absolute atomic E-state index is 0.306. The smallest absolute Gasteiger partial charge is 0.228 e. The van der Waals surface area contributed by atoms with Crippen molar-refractivity contribution in [1.29, 1.82) is 10.8 Å². The van der Waals surface area contributed by atoms with Gasteiger partial charge in [-0.2, -0.15) is 10.2 Å². The molecule has 5 rings (SSSR count). The van der Waals surface area contributed by atoms with Crippen LogP contribution in [0.4, 0.5) is 11.8 Å². The lowest BCUT2D eigenvalue weighted by Crippen LogP contribution is -2.09. The summed E-state index contributed by atoms with van der Waals surface area (Å²) in [4.78, 5) is 9.36. The van der Waals surface area contributed by atoms with E-state index in [1.807, 2.05) is 49.4 Å². The average Bonchev–Trinajstić information content (AvgIpc) is 3.37. The van der Waals surface area contributed by atoms with E-state index in [-0.39, 0.29) is 5.92 Å². The molecule has 1 aliphatic carbocycles. The van der Waals surface area contributed by atoms with E-state index >= 15 is 0 Å². The molecule has 3 aromatic heterocycles. The molecule has 0 bridgehead atoms. The lowest BCUT2D eigenvalue weighted by molar-refractivity contribution is 0.705. The fourth-order valence-electron chi connectivity index (χ4n) is 4.33. The number of rotatable bonds is 7. The first-order chi connectivity index (χ1) is 16.1. The third-order valence-corrected chi connectivity index (χ3v) is 5.99. The maximum Gasteiger partial charge on any atom is 0.228 e. The van der Waals surface area contributed by atoms with Crippen LogP contribution in [0.1, 0.15) is 34.0 Å². The lowest BCUT2D eigenvalue weighted by atomic mass is 9.91. The Bertz CT molecular complexity index is 1340. The van der Waals surface area contributed by atoms with Gasteiger partial charge < -0.3 is 16.1 Å². The molecule has 0 fully saturated rings. The first-order valence-electron chi connectivity index (χ1n) is 10.8. The van der Waals surface area contributed by atoms with Gasteiger partial charge in [0.25, 0.3) is 0 Å². The highest BCUT2D eigenvalue weighted by Crippen LogP contribution is 2.36. The van der Waals surface area contributed by atoms with E-state index in [9.17, 15) is 0 Å². The summed E-state index contributed by atoms with van der Waals surface area (Å²) in [5.74, 6) is 0.902. The summed E-state index contributed by atoms with van der Waals surface area (Å²) in [5, 5.41) is 27.5. The predicted octanol–water partition coefficient (Wildman–Crippen LogP) is 3.43. The molecule has 9 heteroatoms. The number of nitrogens with one attached hydrogen (secondary N) is 3. The van der Waals surface area contributed by atoms with Crippen LogP contribution in [0.25, 0.3) is 11.3 Å². The third kappa shape index (κ3) is 3.93. The number of aromatic nitrogens is 6. The molecule has 0 saturated heterocycles. The molecule has 0 aliphatic heterocycles. The molecule has 1 aromatic carbocycles. The molecule has 33 heavy (non-hydrogen) atoms. The normalized spacial score (nSPS) is 13.2. The van der Waals surface area contributed by atoms with Gasteiger partial charge in [-0.3, -0.25) is 9.36 Å². The summed E-state index contributed by atoms with van der Waals surface area (Å²) in [6.07, 6.45) is 8.75. The zero-order valence-corrected chi connectivity index (χ0v) is 18.6. The average molecular weight is 440 g/mol. The van der Waals surface area contributed by atoms with Crippen molar-refractivity contribution in [1.82, 2.24) is 29.5 Å². The van der Waals surface area contributed by atoms with Gasteiger partial charge in [0, 0.05) is 57.0 Å². The summed E-state index contributed by atoms with van der Waals surface area (Å²) < 4.78 is 3.68. The number of nitrogens with zero attached hydrogens (tertiary/aromatic N) is 6. The van der Waals surface area contributed by atoms with Crippen LogP contribution in [-0.4, -0.2) is 42.0 Å². The summed E-state index contributed by atoms with van der Waals surface area (Å²) in [5.41, 5.74) is 7.30. The number of benzene rings is 1. The fraction of sp³-hybridized carbons (Fsp3) is 0.250. The van der Waals surface area contributed by atoms with Crippen molar-refractivity contribution in [2.75, 3.05) is 5.32 Å². The summed E-state index contributed by atoms with van der Waals surface area (Å²) >= 11 is 0.